The van der Waals surface area contributed by atoms with Crippen molar-refractivity contribution in [1.82, 2.24) is 5.48 Å². The molecule has 1 unspecified atom stereocenters. The van der Waals surface area contributed by atoms with Gasteiger partial charge in [-0.05, 0) is 43.0 Å². The molecule has 0 aliphatic carbocycles. The number of ether oxygens (including phenoxy) is 1. The van der Waals surface area contributed by atoms with Gasteiger partial charge >= 0.3 is 0 Å². The lowest BCUT2D eigenvalue weighted by Crippen LogP contribution is -2.32. The molecular formula is C24H25NO4. The molecule has 29 heavy (non-hydrogen) atoms. The summed E-state index contributed by atoms with van der Waals surface area (Å²) in [7, 11) is 0. The SMILES string of the molecule is Cc1ccc(C(=O)C=Cc2ccc(C=CC(=O)NOC3CCCCO3)cc2)cc1. The summed E-state index contributed by atoms with van der Waals surface area (Å²) < 4.78 is 5.39. The zero-order chi connectivity index (χ0) is 20.5. The first kappa shape index (κ1) is 20.7. The normalized spacial score (nSPS) is 16.9. The van der Waals surface area contributed by atoms with Gasteiger partial charge in [0.05, 0.1) is 0 Å². The maximum absolute atomic E-state index is 12.2. The van der Waals surface area contributed by atoms with Crippen LogP contribution in [0.2, 0.25) is 0 Å². The molecule has 0 aromatic heterocycles. The molecule has 1 aliphatic heterocycles. The Morgan fingerprint density at radius 1 is 0.966 bits per heavy atom. The molecule has 1 aliphatic rings. The number of aryl methyl sites for hydroxylation is 1. The van der Waals surface area contributed by atoms with Crippen molar-refractivity contribution in [2.45, 2.75) is 32.5 Å². The van der Waals surface area contributed by atoms with Gasteiger partial charge in [-0.1, -0.05) is 60.2 Å². The molecule has 0 saturated carbocycles. The maximum atomic E-state index is 12.2. The van der Waals surface area contributed by atoms with Crippen molar-refractivity contribution in [1.29, 1.82) is 0 Å². The molecule has 5 heteroatoms. The van der Waals surface area contributed by atoms with Gasteiger partial charge < -0.3 is 4.74 Å². The lowest BCUT2D eigenvalue weighted by molar-refractivity contribution is -0.198. The van der Waals surface area contributed by atoms with Gasteiger partial charge in [0.2, 0.25) is 0 Å². The fourth-order valence-corrected chi connectivity index (χ4v) is 2.84. The van der Waals surface area contributed by atoms with E-state index >= 15 is 0 Å². The van der Waals surface area contributed by atoms with Crippen molar-refractivity contribution >= 4 is 23.8 Å². The Morgan fingerprint density at radius 3 is 2.24 bits per heavy atom. The van der Waals surface area contributed by atoms with Crippen molar-refractivity contribution in [3.05, 3.63) is 82.9 Å². The van der Waals surface area contributed by atoms with Crippen molar-refractivity contribution < 1.29 is 19.2 Å². The fourth-order valence-electron chi connectivity index (χ4n) is 2.84. The number of rotatable bonds is 7. The first-order chi connectivity index (χ1) is 14.1. The highest BCUT2D eigenvalue weighted by Crippen LogP contribution is 2.13. The number of hydrogen-bond acceptors (Lipinski definition) is 4. The van der Waals surface area contributed by atoms with Crippen molar-refractivity contribution in [3.8, 4) is 0 Å². The van der Waals surface area contributed by atoms with Crippen LogP contribution in [-0.2, 0) is 14.4 Å². The molecule has 3 rings (SSSR count). The summed E-state index contributed by atoms with van der Waals surface area (Å²) in [6.07, 6.45) is 8.93. The summed E-state index contributed by atoms with van der Waals surface area (Å²) in [6.45, 7) is 2.65. The predicted octanol–water partition coefficient (Wildman–Crippen LogP) is 4.48. The van der Waals surface area contributed by atoms with Crippen LogP contribution in [0.5, 0.6) is 0 Å². The Balaban J connectivity index is 1.48. The van der Waals surface area contributed by atoms with Crippen LogP contribution in [0.4, 0.5) is 0 Å². The summed E-state index contributed by atoms with van der Waals surface area (Å²) in [5.74, 6) is -0.376. The minimum Gasteiger partial charge on any atom is -0.350 e. The molecule has 1 atom stereocenters. The van der Waals surface area contributed by atoms with E-state index in [4.69, 9.17) is 9.57 Å². The second kappa shape index (κ2) is 10.5. The van der Waals surface area contributed by atoms with E-state index in [-0.39, 0.29) is 18.0 Å². The summed E-state index contributed by atoms with van der Waals surface area (Å²) in [5, 5.41) is 0. The molecule has 1 amide bonds. The van der Waals surface area contributed by atoms with E-state index in [1.165, 1.54) is 6.08 Å². The van der Waals surface area contributed by atoms with Crippen molar-refractivity contribution in [3.63, 3.8) is 0 Å². The Kier molecular flexibility index (Phi) is 7.50. The van der Waals surface area contributed by atoms with E-state index in [9.17, 15) is 9.59 Å². The van der Waals surface area contributed by atoms with Gasteiger partial charge in [-0.3, -0.25) is 9.59 Å². The Morgan fingerprint density at radius 2 is 1.62 bits per heavy atom. The van der Waals surface area contributed by atoms with Crippen LogP contribution >= 0.6 is 0 Å². The van der Waals surface area contributed by atoms with Crippen LogP contribution in [0.15, 0.2) is 60.7 Å². The summed E-state index contributed by atoms with van der Waals surface area (Å²) in [5.41, 5.74) is 5.95. The topological polar surface area (TPSA) is 64.6 Å². The quantitative estimate of drug-likeness (QED) is 0.429. The highest BCUT2D eigenvalue weighted by molar-refractivity contribution is 6.06. The fraction of sp³-hybridized carbons (Fsp3) is 0.250. The summed E-state index contributed by atoms with van der Waals surface area (Å²) >= 11 is 0. The number of carbonyl (C=O) groups excluding carboxylic acids is 2. The van der Waals surface area contributed by atoms with Gasteiger partial charge in [-0.15, -0.1) is 0 Å². The van der Waals surface area contributed by atoms with Gasteiger partial charge in [0.1, 0.15) is 0 Å². The number of hydroxylamine groups is 1. The number of nitrogens with one attached hydrogen (secondary N) is 1. The van der Waals surface area contributed by atoms with Gasteiger partial charge in [-0.25, -0.2) is 10.3 Å². The number of allylic oxidation sites excluding steroid dienone is 1. The molecule has 2 aromatic rings. The monoisotopic (exact) mass is 391 g/mol. The van der Waals surface area contributed by atoms with Crippen LogP contribution < -0.4 is 5.48 Å². The smallest absolute Gasteiger partial charge is 0.267 e. The summed E-state index contributed by atoms with van der Waals surface area (Å²) in [4.78, 5) is 29.3. The average Bonchev–Trinajstić information content (AvgIpc) is 2.76. The van der Waals surface area contributed by atoms with E-state index in [1.807, 2.05) is 55.5 Å². The van der Waals surface area contributed by atoms with Crippen LogP contribution in [0.3, 0.4) is 0 Å². The maximum Gasteiger partial charge on any atom is 0.267 e. The standard InChI is InChI=1S/C24H25NO4/c1-18-5-13-21(14-6-18)22(26)15-11-19-7-9-20(10-8-19)12-16-23(27)25-29-24-4-2-3-17-28-24/h5-16,24H,2-4,17H2,1H3,(H,25,27). The molecule has 150 valence electrons. The Hall–Kier alpha value is -3.02. The van der Waals surface area contributed by atoms with Crippen LogP contribution in [0.25, 0.3) is 12.2 Å². The molecule has 0 bridgehead atoms. The number of amides is 1. The van der Waals surface area contributed by atoms with Crippen LogP contribution in [-0.4, -0.2) is 24.6 Å². The molecular weight excluding hydrogens is 366 g/mol. The van der Waals surface area contributed by atoms with Crippen LogP contribution in [0.1, 0.15) is 46.3 Å². The number of hydrogen-bond donors (Lipinski definition) is 1. The van der Waals surface area contributed by atoms with E-state index in [0.29, 0.717) is 12.2 Å². The first-order valence-electron chi connectivity index (χ1n) is 9.74. The second-order valence-electron chi connectivity index (χ2n) is 6.94. The van der Waals surface area contributed by atoms with E-state index in [0.717, 1.165) is 36.0 Å². The minimum absolute atomic E-state index is 0.0346. The largest absolute Gasteiger partial charge is 0.350 e. The van der Waals surface area contributed by atoms with Gasteiger partial charge in [0.25, 0.3) is 5.91 Å². The van der Waals surface area contributed by atoms with E-state index in [1.54, 1.807) is 18.2 Å². The van der Waals surface area contributed by atoms with Crippen LogP contribution in [0, 0.1) is 6.92 Å². The lowest BCUT2D eigenvalue weighted by Gasteiger charge is -2.21. The molecule has 0 spiro atoms. The second-order valence-corrected chi connectivity index (χ2v) is 6.94. The van der Waals surface area contributed by atoms with E-state index in [2.05, 4.69) is 5.48 Å². The number of carbonyl (C=O) groups is 2. The molecule has 0 radical (unpaired) electrons. The number of ketones is 1. The highest BCUT2D eigenvalue weighted by Gasteiger charge is 2.14. The molecule has 1 N–H and O–H groups in total. The molecule has 1 heterocycles. The van der Waals surface area contributed by atoms with Crippen molar-refractivity contribution in [2.24, 2.45) is 0 Å². The van der Waals surface area contributed by atoms with E-state index < -0.39 is 0 Å². The Bertz CT molecular complexity index is 876. The number of benzene rings is 2. The minimum atomic E-state index is -0.366. The highest BCUT2D eigenvalue weighted by atomic mass is 16.8. The Labute approximate surface area is 171 Å². The third-order valence-electron chi connectivity index (χ3n) is 4.56. The molecule has 1 saturated heterocycles. The third kappa shape index (κ3) is 6.82. The molecule has 5 nitrogen and oxygen atoms in total. The lowest BCUT2D eigenvalue weighted by atomic mass is 10.1. The third-order valence-corrected chi connectivity index (χ3v) is 4.56. The molecule has 2 aromatic carbocycles. The zero-order valence-electron chi connectivity index (χ0n) is 16.5. The summed E-state index contributed by atoms with van der Waals surface area (Å²) in [6, 6.07) is 15.0. The van der Waals surface area contributed by atoms with Gasteiger partial charge in [0.15, 0.2) is 12.1 Å². The van der Waals surface area contributed by atoms with Gasteiger partial charge in [0, 0.05) is 24.7 Å². The zero-order valence-corrected chi connectivity index (χ0v) is 16.5. The average molecular weight is 391 g/mol. The predicted molar refractivity (Wildman–Crippen MR) is 113 cm³/mol. The first-order valence-corrected chi connectivity index (χ1v) is 9.74. The van der Waals surface area contributed by atoms with Crippen molar-refractivity contribution in [2.75, 3.05) is 6.61 Å². The molecule has 1 fully saturated rings. The van der Waals surface area contributed by atoms with Gasteiger partial charge in [-0.2, -0.15) is 0 Å².